The Morgan fingerprint density at radius 2 is 2.12 bits per heavy atom. The SMILES string of the molecule is C#CCCCn1cnc2c(NSc3cc(OC)c(I)cc3I)ncnc21. The van der Waals surface area contributed by atoms with Gasteiger partial charge in [0.15, 0.2) is 17.0 Å². The summed E-state index contributed by atoms with van der Waals surface area (Å²) in [6.45, 7) is 0.788. The first-order chi connectivity index (χ1) is 12.6. The van der Waals surface area contributed by atoms with Gasteiger partial charge in [-0.3, -0.25) is 0 Å². The average molecular weight is 591 g/mol. The minimum atomic E-state index is 0.684. The largest absolute Gasteiger partial charge is 0.496 e. The number of halogens is 2. The average Bonchev–Trinajstić information content (AvgIpc) is 3.05. The number of aryl methyl sites for hydroxylation is 1. The molecule has 0 saturated carbocycles. The number of fused-ring (bicyclic) bond motifs is 1. The number of ether oxygens (including phenoxy) is 1. The van der Waals surface area contributed by atoms with Crippen molar-refractivity contribution in [1.29, 1.82) is 0 Å². The van der Waals surface area contributed by atoms with Gasteiger partial charge in [-0.2, -0.15) is 0 Å². The van der Waals surface area contributed by atoms with E-state index >= 15 is 0 Å². The van der Waals surface area contributed by atoms with Crippen molar-refractivity contribution in [1.82, 2.24) is 19.5 Å². The van der Waals surface area contributed by atoms with E-state index in [1.165, 1.54) is 11.9 Å². The molecule has 3 rings (SSSR count). The molecule has 0 aliphatic rings. The smallest absolute Gasteiger partial charge is 0.167 e. The highest BCUT2D eigenvalue weighted by molar-refractivity contribution is 14.1. The van der Waals surface area contributed by atoms with E-state index in [9.17, 15) is 0 Å². The van der Waals surface area contributed by atoms with Crippen LogP contribution in [0.3, 0.4) is 0 Å². The molecule has 1 aromatic carbocycles. The number of anilines is 1. The minimum Gasteiger partial charge on any atom is -0.496 e. The molecule has 0 radical (unpaired) electrons. The van der Waals surface area contributed by atoms with Gasteiger partial charge in [0.05, 0.1) is 17.0 Å². The molecular formula is C17H15I2N5OS. The van der Waals surface area contributed by atoms with Gasteiger partial charge >= 0.3 is 0 Å². The molecule has 0 atom stereocenters. The third-order valence-corrected chi connectivity index (χ3v) is 6.54. The standard InChI is InChI=1S/C17H15I2N5OS/c1-3-4-5-6-24-10-22-15-16(20-9-21-17(15)24)23-26-14-8-13(25-2)11(18)7-12(14)19/h1,7-10H,4-6H2,2H3,(H,20,21,23). The van der Waals surface area contributed by atoms with Crippen molar-refractivity contribution in [2.45, 2.75) is 24.3 Å². The number of rotatable bonds is 7. The van der Waals surface area contributed by atoms with Crippen molar-refractivity contribution in [3.05, 3.63) is 31.9 Å². The molecule has 2 aromatic heterocycles. The molecule has 1 N–H and O–H groups in total. The van der Waals surface area contributed by atoms with Crippen LogP contribution < -0.4 is 9.46 Å². The number of terminal acetylenes is 1. The van der Waals surface area contributed by atoms with Gasteiger partial charge in [-0.25, -0.2) is 15.0 Å². The summed E-state index contributed by atoms with van der Waals surface area (Å²) in [6, 6.07) is 4.09. The van der Waals surface area contributed by atoms with Crippen molar-refractivity contribution in [3.8, 4) is 18.1 Å². The lowest BCUT2D eigenvalue weighted by Crippen LogP contribution is -1.99. The quantitative estimate of drug-likeness (QED) is 0.188. The number of benzene rings is 1. The van der Waals surface area contributed by atoms with Crippen LogP contribution in [0.5, 0.6) is 5.75 Å². The molecule has 134 valence electrons. The van der Waals surface area contributed by atoms with Crippen molar-refractivity contribution in [2.24, 2.45) is 0 Å². The van der Waals surface area contributed by atoms with E-state index < -0.39 is 0 Å². The molecule has 0 fully saturated rings. The molecule has 0 bridgehead atoms. The fourth-order valence-corrected chi connectivity index (χ4v) is 5.08. The zero-order valence-electron chi connectivity index (χ0n) is 13.9. The maximum absolute atomic E-state index is 5.41. The van der Waals surface area contributed by atoms with Crippen LogP contribution >= 0.6 is 57.1 Å². The molecule has 2 heterocycles. The number of hydrogen-bond acceptors (Lipinski definition) is 6. The monoisotopic (exact) mass is 591 g/mol. The number of aromatic nitrogens is 4. The summed E-state index contributed by atoms with van der Waals surface area (Å²) < 4.78 is 12.9. The number of methoxy groups -OCH3 is 1. The Labute approximate surface area is 183 Å². The highest BCUT2D eigenvalue weighted by atomic mass is 127. The molecule has 0 amide bonds. The van der Waals surface area contributed by atoms with E-state index in [0.717, 1.165) is 48.3 Å². The van der Waals surface area contributed by atoms with Gasteiger partial charge in [0, 0.05) is 21.4 Å². The molecule has 0 spiro atoms. The zero-order valence-corrected chi connectivity index (χ0v) is 19.0. The van der Waals surface area contributed by atoms with E-state index in [1.54, 1.807) is 19.8 Å². The van der Waals surface area contributed by atoms with E-state index in [0.29, 0.717) is 5.82 Å². The Balaban J connectivity index is 1.81. The second kappa shape index (κ2) is 9.09. The van der Waals surface area contributed by atoms with Gasteiger partial charge in [0.2, 0.25) is 0 Å². The Hall–Kier alpha value is -1.26. The predicted octanol–water partition coefficient (Wildman–Crippen LogP) is 4.58. The van der Waals surface area contributed by atoms with Crippen LogP contribution in [0.2, 0.25) is 0 Å². The van der Waals surface area contributed by atoms with Gasteiger partial charge in [0.1, 0.15) is 12.1 Å². The molecule has 26 heavy (non-hydrogen) atoms. The summed E-state index contributed by atoms with van der Waals surface area (Å²) in [7, 11) is 1.67. The van der Waals surface area contributed by atoms with Crippen LogP contribution in [0.15, 0.2) is 29.7 Å². The van der Waals surface area contributed by atoms with Crippen LogP contribution in [0, 0.1) is 19.5 Å². The van der Waals surface area contributed by atoms with E-state index in [1.807, 2.05) is 10.6 Å². The summed E-state index contributed by atoms with van der Waals surface area (Å²) in [5, 5.41) is 0. The van der Waals surface area contributed by atoms with Crippen molar-refractivity contribution in [3.63, 3.8) is 0 Å². The normalized spacial score (nSPS) is 10.7. The lowest BCUT2D eigenvalue weighted by atomic mass is 10.3. The third-order valence-electron chi connectivity index (χ3n) is 3.59. The first-order valence-corrected chi connectivity index (χ1v) is 10.7. The van der Waals surface area contributed by atoms with Crippen molar-refractivity contribution >= 4 is 74.1 Å². The Morgan fingerprint density at radius 1 is 1.27 bits per heavy atom. The van der Waals surface area contributed by atoms with Gasteiger partial charge in [-0.15, -0.1) is 12.3 Å². The summed E-state index contributed by atoms with van der Waals surface area (Å²) >= 11 is 6.06. The topological polar surface area (TPSA) is 64.9 Å². The highest BCUT2D eigenvalue weighted by Gasteiger charge is 2.12. The number of nitrogens with zero attached hydrogens (tertiary/aromatic N) is 4. The van der Waals surface area contributed by atoms with Crippen LogP contribution in [0.1, 0.15) is 12.8 Å². The maximum atomic E-state index is 5.41. The van der Waals surface area contributed by atoms with E-state index in [-0.39, 0.29) is 0 Å². The lowest BCUT2D eigenvalue weighted by molar-refractivity contribution is 0.410. The minimum absolute atomic E-state index is 0.684. The van der Waals surface area contributed by atoms with Crippen molar-refractivity contribution in [2.75, 3.05) is 11.8 Å². The van der Waals surface area contributed by atoms with E-state index in [2.05, 4.69) is 76.8 Å². The van der Waals surface area contributed by atoms with Gasteiger partial charge in [0.25, 0.3) is 0 Å². The lowest BCUT2D eigenvalue weighted by Gasteiger charge is -2.10. The number of hydrogen-bond donors (Lipinski definition) is 1. The maximum Gasteiger partial charge on any atom is 0.167 e. The number of imidazole rings is 1. The first-order valence-electron chi connectivity index (χ1n) is 7.69. The van der Waals surface area contributed by atoms with Crippen LogP contribution in [-0.4, -0.2) is 26.6 Å². The van der Waals surface area contributed by atoms with Gasteiger partial charge < -0.3 is 14.0 Å². The number of unbranched alkanes of at least 4 members (excludes halogenated alkanes) is 1. The molecule has 9 heteroatoms. The van der Waals surface area contributed by atoms with E-state index in [4.69, 9.17) is 11.2 Å². The van der Waals surface area contributed by atoms with Gasteiger partial charge in [-0.05, 0) is 75.7 Å². The van der Waals surface area contributed by atoms with Gasteiger partial charge in [-0.1, -0.05) is 0 Å². The zero-order chi connectivity index (χ0) is 18.5. The Morgan fingerprint density at radius 3 is 2.88 bits per heavy atom. The first kappa shape index (κ1) is 19.5. The third kappa shape index (κ3) is 4.34. The molecule has 0 saturated heterocycles. The predicted molar refractivity (Wildman–Crippen MR) is 121 cm³/mol. The van der Waals surface area contributed by atoms with Crippen LogP contribution in [0.25, 0.3) is 11.2 Å². The summed E-state index contributed by atoms with van der Waals surface area (Å²) in [5.41, 5.74) is 1.54. The summed E-state index contributed by atoms with van der Waals surface area (Å²) in [5.74, 6) is 4.19. The summed E-state index contributed by atoms with van der Waals surface area (Å²) in [6.07, 6.45) is 10.3. The summed E-state index contributed by atoms with van der Waals surface area (Å²) in [4.78, 5) is 14.2. The molecule has 0 aliphatic heterocycles. The molecule has 3 aromatic rings. The fraction of sp³-hybridized carbons (Fsp3) is 0.235. The second-order valence-electron chi connectivity index (χ2n) is 5.26. The van der Waals surface area contributed by atoms with Crippen LogP contribution in [-0.2, 0) is 6.54 Å². The Kier molecular flexibility index (Phi) is 6.82. The number of nitrogens with one attached hydrogen (secondary N) is 1. The fourth-order valence-electron chi connectivity index (χ4n) is 2.32. The molecular weight excluding hydrogens is 576 g/mol. The van der Waals surface area contributed by atoms with Crippen molar-refractivity contribution < 1.29 is 4.74 Å². The molecule has 0 aliphatic carbocycles. The highest BCUT2D eigenvalue weighted by Crippen LogP contribution is 2.33. The Bertz CT molecular complexity index is 970. The molecule has 0 unspecified atom stereocenters. The second-order valence-corrected chi connectivity index (χ2v) is 8.43. The van der Waals surface area contributed by atoms with Crippen LogP contribution in [0.4, 0.5) is 5.82 Å². The molecule has 6 nitrogen and oxygen atoms in total.